The van der Waals surface area contributed by atoms with Gasteiger partial charge in [0.1, 0.15) is 5.78 Å². The van der Waals surface area contributed by atoms with E-state index in [1.807, 2.05) is 6.92 Å². The Balaban J connectivity index is 2.70. The second-order valence-corrected chi connectivity index (χ2v) is 3.19. The minimum Gasteiger partial charge on any atom is -0.465 e. The van der Waals surface area contributed by atoms with Crippen LogP contribution in [-0.4, -0.2) is 18.4 Å². The van der Waals surface area contributed by atoms with Crippen LogP contribution < -0.4 is 0 Å². The summed E-state index contributed by atoms with van der Waals surface area (Å²) in [5.74, 6) is -0.394. The van der Waals surface area contributed by atoms with Crippen molar-refractivity contribution in [3.05, 3.63) is 0 Å². The maximum absolute atomic E-state index is 11.2. The first kappa shape index (κ1) is 9.23. The van der Waals surface area contributed by atoms with E-state index in [1.54, 1.807) is 6.92 Å². The molecule has 0 aromatic heterocycles. The summed E-state index contributed by atoms with van der Waals surface area (Å²) in [5, 5.41) is 0. The zero-order valence-electron chi connectivity index (χ0n) is 7.50. The molecule has 1 fully saturated rings. The van der Waals surface area contributed by atoms with E-state index >= 15 is 0 Å². The van der Waals surface area contributed by atoms with Gasteiger partial charge in [-0.05, 0) is 19.8 Å². The van der Waals surface area contributed by atoms with Crippen molar-refractivity contribution in [2.45, 2.75) is 26.7 Å². The molecule has 1 aliphatic heterocycles. The number of carbonyl (C=O) groups excluding carboxylic acids is 2. The Kier molecular flexibility index (Phi) is 2.84. The topological polar surface area (TPSA) is 43.4 Å². The van der Waals surface area contributed by atoms with Gasteiger partial charge in [0.25, 0.3) is 0 Å². The smallest absolute Gasteiger partial charge is 0.309 e. The molecule has 68 valence electrons. The van der Waals surface area contributed by atoms with E-state index in [2.05, 4.69) is 0 Å². The quantitative estimate of drug-likeness (QED) is 0.584. The molecule has 1 heterocycles. The zero-order valence-corrected chi connectivity index (χ0v) is 7.50. The van der Waals surface area contributed by atoms with E-state index in [-0.39, 0.29) is 23.6 Å². The van der Waals surface area contributed by atoms with Gasteiger partial charge in [0.2, 0.25) is 0 Å². The van der Waals surface area contributed by atoms with Crippen LogP contribution in [0.3, 0.4) is 0 Å². The van der Waals surface area contributed by atoms with Gasteiger partial charge in [-0.2, -0.15) is 0 Å². The number of hydrogen-bond donors (Lipinski definition) is 0. The van der Waals surface area contributed by atoms with Crippen molar-refractivity contribution in [1.29, 1.82) is 0 Å². The molecule has 12 heavy (non-hydrogen) atoms. The molecule has 3 heteroatoms. The standard InChI is InChI=1S/C9H14O3/c1-3-7-8(6(2)10)4-5-12-9(7)11/h7-8H,3-5H2,1-2H3/t7?,8-/m0/s1. The van der Waals surface area contributed by atoms with Crippen LogP contribution in [0.2, 0.25) is 0 Å². The number of carbonyl (C=O) groups is 2. The zero-order chi connectivity index (χ0) is 9.14. The van der Waals surface area contributed by atoms with Gasteiger partial charge in [0.15, 0.2) is 0 Å². The minimum atomic E-state index is -0.205. The number of esters is 1. The SMILES string of the molecule is CCC1C(=O)OCC[C@H]1C(C)=O. The third-order valence-corrected chi connectivity index (χ3v) is 2.42. The first-order valence-corrected chi connectivity index (χ1v) is 4.34. The fourth-order valence-corrected chi connectivity index (χ4v) is 1.70. The predicted molar refractivity (Wildman–Crippen MR) is 43.5 cm³/mol. The molecular weight excluding hydrogens is 156 g/mol. The Bertz CT molecular complexity index is 198. The van der Waals surface area contributed by atoms with Gasteiger partial charge in [0.05, 0.1) is 12.5 Å². The second-order valence-electron chi connectivity index (χ2n) is 3.19. The molecule has 0 N–H and O–H groups in total. The summed E-state index contributed by atoms with van der Waals surface area (Å²) in [6.07, 6.45) is 1.39. The lowest BCUT2D eigenvalue weighted by atomic mass is 9.83. The highest BCUT2D eigenvalue weighted by molar-refractivity contribution is 5.85. The van der Waals surface area contributed by atoms with Gasteiger partial charge in [-0.1, -0.05) is 6.92 Å². The van der Waals surface area contributed by atoms with Crippen molar-refractivity contribution < 1.29 is 14.3 Å². The van der Waals surface area contributed by atoms with E-state index in [9.17, 15) is 9.59 Å². The van der Waals surface area contributed by atoms with Crippen LogP contribution in [0.5, 0.6) is 0 Å². The van der Waals surface area contributed by atoms with E-state index in [0.29, 0.717) is 19.4 Å². The number of ether oxygens (including phenoxy) is 1. The first-order chi connectivity index (χ1) is 5.66. The molecule has 1 saturated heterocycles. The molecule has 0 aliphatic carbocycles. The monoisotopic (exact) mass is 170 g/mol. The number of hydrogen-bond acceptors (Lipinski definition) is 3. The predicted octanol–water partition coefficient (Wildman–Crippen LogP) is 1.16. The molecule has 0 spiro atoms. The Labute approximate surface area is 72.1 Å². The fourth-order valence-electron chi connectivity index (χ4n) is 1.70. The Morgan fingerprint density at radius 2 is 2.33 bits per heavy atom. The summed E-state index contributed by atoms with van der Waals surface area (Å²) in [5.41, 5.74) is 0. The fraction of sp³-hybridized carbons (Fsp3) is 0.778. The molecule has 0 bridgehead atoms. The summed E-state index contributed by atoms with van der Waals surface area (Å²) in [4.78, 5) is 22.3. The lowest BCUT2D eigenvalue weighted by Gasteiger charge is -2.27. The summed E-state index contributed by atoms with van der Waals surface area (Å²) in [6.45, 7) is 3.86. The van der Waals surface area contributed by atoms with Crippen LogP contribution in [0.15, 0.2) is 0 Å². The molecule has 1 unspecified atom stereocenters. The Hall–Kier alpha value is -0.860. The Morgan fingerprint density at radius 1 is 1.67 bits per heavy atom. The molecule has 0 aromatic carbocycles. The number of Topliss-reactive ketones (excluding diaryl/α,β-unsaturated/α-hetero) is 1. The molecule has 0 aromatic rings. The highest BCUT2D eigenvalue weighted by Gasteiger charge is 2.34. The van der Waals surface area contributed by atoms with Gasteiger partial charge in [-0.25, -0.2) is 0 Å². The van der Waals surface area contributed by atoms with Crippen LogP contribution in [0.25, 0.3) is 0 Å². The van der Waals surface area contributed by atoms with Crippen molar-refractivity contribution in [2.75, 3.05) is 6.61 Å². The molecule has 0 radical (unpaired) electrons. The van der Waals surface area contributed by atoms with Crippen molar-refractivity contribution in [3.63, 3.8) is 0 Å². The molecule has 2 atom stereocenters. The molecular formula is C9H14O3. The number of ketones is 1. The van der Waals surface area contributed by atoms with Crippen LogP contribution >= 0.6 is 0 Å². The van der Waals surface area contributed by atoms with E-state index in [1.165, 1.54) is 0 Å². The third-order valence-electron chi connectivity index (χ3n) is 2.42. The highest BCUT2D eigenvalue weighted by Crippen LogP contribution is 2.26. The van der Waals surface area contributed by atoms with Gasteiger partial charge in [-0.15, -0.1) is 0 Å². The molecule has 3 nitrogen and oxygen atoms in total. The molecule has 1 rings (SSSR count). The average molecular weight is 170 g/mol. The van der Waals surface area contributed by atoms with Gasteiger partial charge in [0, 0.05) is 5.92 Å². The molecule has 0 saturated carbocycles. The summed E-state index contributed by atoms with van der Waals surface area (Å²) < 4.78 is 4.87. The first-order valence-electron chi connectivity index (χ1n) is 4.34. The van der Waals surface area contributed by atoms with Crippen LogP contribution in [0, 0.1) is 11.8 Å². The Morgan fingerprint density at radius 3 is 2.75 bits per heavy atom. The highest BCUT2D eigenvalue weighted by atomic mass is 16.5. The van der Waals surface area contributed by atoms with Crippen molar-refractivity contribution in [2.24, 2.45) is 11.8 Å². The van der Waals surface area contributed by atoms with Crippen LogP contribution in [0.4, 0.5) is 0 Å². The van der Waals surface area contributed by atoms with E-state index < -0.39 is 0 Å². The lowest BCUT2D eigenvalue weighted by Crippen LogP contribution is -2.35. The minimum absolute atomic E-state index is 0.101. The van der Waals surface area contributed by atoms with Crippen LogP contribution in [-0.2, 0) is 14.3 Å². The largest absolute Gasteiger partial charge is 0.465 e. The van der Waals surface area contributed by atoms with E-state index in [0.717, 1.165) is 0 Å². The second kappa shape index (κ2) is 3.70. The van der Waals surface area contributed by atoms with Crippen LogP contribution in [0.1, 0.15) is 26.7 Å². The summed E-state index contributed by atoms with van der Waals surface area (Å²) in [7, 11) is 0. The van der Waals surface area contributed by atoms with Gasteiger partial charge < -0.3 is 4.74 Å². The van der Waals surface area contributed by atoms with Crippen molar-refractivity contribution in [1.82, 2.24) is 0 Å². The van der Waals surface area contributed by atoms with Crippen molar-refractivity contribution >= 4 is 11.8 Å². The molecule has 1 aliphatic rings. The van der Waals surface area contributed by atoms with Gasteiger partial charge in [-0.3, -0.25) is 9.59 Å². The lowest BCUT2D eigenvalue weighted by molar-refractivity contribution is -0.159. The van der Waals surface area contributed by atoms with Crippen molar-refractivity contribution in [3.8, 4) is 0 Å². The maximum atomic E-state index is 11.2. The third kappa shape index (κ3) is 1.65. The summed E-state index contributed by atoms with van der Waals surface area (Å²) >= 11 is 0. The molecule has 0 amide bonds. The maximum Gasteiger partial charge on any atom is 0.309 e. The number of rotatable bonds is 2. The summed E-state index contributed by atoms with van der Waals surface area (Å²) in [6, 6.07) is 0. The van der Waals surface area contributed by atoms with E-state index in [4.69, 9.17) is 4.74 Å². The van der Waals surface area contributed by atoms with Gasteiger partial charge >= 0.3 is 5.97 Å². The normalized spacial score (nSPS) is 29.7. The average Bonchev–Trinajstić information content (AvgIpc) is 2.03. The number of cyclic esters (lactones) is 1.